The van der Waals surface area contributed by atoms with E-state index in [0.29, 0.717) is 5.78 Å². The van der Waals surface area contributed by atoms with Gasteiger partial charge in [0.05, 0.1) is 0 Å². The van der Waals surface area contributed by atoms with Gasteiger partial charge in [-0.15, -0.1) is 0 Å². The summed E-state index contributed by atoms with van der Waals surface area (Å²) in [5.74, 6) is 0.421. The summed E-state index contributed by atoms with van der Waals surface area (Å²) < 4.78 is 1.16. The number of rotatable bonds is 2. The number of halogens is 1. The molecule has 0 spiro atoms. The van der Waals surface area contributed by atoms with Gasteiger partial charge < -0.3 is 0 Å². The smallest absolute Gasteiger partial charge is 0.133 e. The van der Waals surface area contributed by atoms with Gasteiger partial charge in [-0.25, -0.2) is 0 Å². The van der Waals surface area contributed by atoms with Crippen molar-refractivity contribution >= 4 is 21.7 Å². The van der Waals surface area contributed by atoms with Gasteiger partial charge in [0.15, 0.2) is 0 Å². The average molecular weight is 267 g/mol. The first-order valence-corrected chi connectivity index (χ1v) is 6.13. The second-order valence-corrected chi connectivity index (χ2v) is 5.65. The summed E-state index contributed by atoms with van der Waals surface area (Å²) in [5.41, 5.74) is 1.50. The number of ketones is 1. The molecule has 1 fully saturated rings. The molecule has 0 aromatic heterocycles. The van der Waals surface area contributed by atoms with Crippen molar-refractivity contribution in [1.82, 2.24) is 0 Å². The van der Waals surface area contributed by atoms with Crippen molar-refractivity contribution in [2.24, 2.45) is 5.41 Å². The molecule has 1 aliphatic carbocycles. The van der Waals surface area contributed by atoms with E-state index in [1.807, 2.05) is 6.07 Å². The minimum atomic E-state index is 0.182. The van der Waals surface area contributed by atoms with Crippen LogP contribution in [0.2, 0.25) is 0 Å². The maximum absolute atomic E-state index is 11.3. The fourth-order valence-electron chi connectivity index (χ4n) is 2.35. The summed E-state index contributed by atoms with van der Waals surface area (Å²) >= 11 is 3.56. The minimum absolute atomic E-state index is 0.182. The standard InChI is InChI=1S/C13H15BrO/c1-13(7-6-11(15)9-13)8-10-4-2-3-5-12(10)14/h2-5H,6-9H2,1H3. The largest absolute Gasteiger partial charge is 0.300 e. The summed E-state index contributed by atoms with van der Waals surface area (Å²) in [6.07, 6.45) is 3.54. The van der Waals surface area contributed by atoms with Gasteiger partial charge in [-0.1, -0.05) is 41.1 Å². The van der Waals surface area contributed by atoms with Crippen molar-refractivity contribution in [2.75, 3.05) is 0 Å². The number of benzene rings is 1. The number of Topliss-reactive ketones (excluding diaryl/α,β-unsaturated/α-hetero) is 1. The number of hydrogen-bond acceptors (Lipinski definition) is 1. The predicted octanol–water partition coefficient (Wildman–Crippen LogP) is 3.75. The first-order valence-electron chi connectivity index (χ1n) is 5.34. The van der Waals surface area contributed by atoms with Gasteiger partial charge in [0, 0.05) is 17.3 Å². The molecule has 2 rings (SSSR count). The fraction of sp³-hybridized carbons (Fsp3) is 0.462. The summed E-state index contributed by atoms with van der Waals surface area (Å²) in [7, 11) is 0. The van der Waals surface area contributed by atoms with Crippen LogP contribution in [0.25, 0.3) is 0 Å². The Balaban J connectivity index is 2.15. The second-order valence-electron chi connectivity index (χ2n) is 4.79. The maximum atomic E-state index is 11.3. The summed E-state index contributed by atoms with van der Waals surface area (Å²) in [6, 6.07) is 8.28. The maximum Gasteiger partial charge on any atom is 0.133 e. The molecule has 1 aliphatic rings. The van der Waals surface area contributed by atoms with E-state index in [1.54, 1.807) is 0 Å². The molecule has 1 aromatic carbocycles. The van der Waals surface area contributed by atoms with Crippen molar-refractivity contribution in [3.05, 3.63) is 34.3 Å². The Labute approximate surface area is 99.0 Å². The molecular weight excluding hydrogens is 252 g/mol. The molecule has 15 heavy (non-hydrogen) atoms. The van der Waals surface area contributed by atoms with Crippen LogP contribution in [0.1, 0.15) is 31.7 Å². The van der Waals surface area contributed by atoms with Crippen molar-refractivity contribution < 1.29 is 4.79 Å². The summed E-state index contributed by atoms with van der Waals surface area (Å²) in [6.45, 7) is 2.22. The topological polar surface area (TPSA) is 17.1 Å². The van der Waals surface area contributed by atoms with Crippen LogP contribution in [0.4, 0.5) is 0 Å². The fourth-order valence-corrected chi connectivity index (χ4v) is 2.77. The van der Waals surface area contributed by atoms with Gasteiger partial charge in [0.1, 0.15) is 5.78 Å². The zero-order valence-corrected chi connectivity index (χ0v) is 10.5. The highest BCUT2D eigenvalue weighted by atomic mass is 79.9. The zero-order chi connectivity index (χ0) is 10.9. The van der Waals surface area contributed by atoms with Gasteiger partial charge in [-0.05, 0) is 29.9 Å². The minimum Gasteiger partial charge on any atom is -0.300 e. The highest BCUT2D eigenvalue weighted by molar-refractivity contribution is 9.10. The highest BCUT2D eigenvalue weighted by Crippen LogP contribution is 2.39. The summed E-state index contributed by atoms with van der Waals surface area (Å²) in [4.78, 5) is 11.3. The highest BCUT2D eigenvalue weighted by Gasteiger charge is 2.34. The molecule has 80 valence electrons. The van der Waals surface area contributed by atoms with Crippen LogP contribution in [-0.2, 0) is 11.2 Å². The molecule has 1 nitrogen and oxygen atoms in total. The monoisotopic (exact) mass is 266 g/mol. The zero-order valence-electron chi connectivity index (χ0n) is 8.92. The lowest BCUT2D eigenvalue weighted by molar-refractivity contribution is -0.117. The van der Waals surface area contributed by atoms with E-state index in [9.17, 15) is 4.79 Å². The lowest BCUT2D eigenvalue weighted by Gasteiger charge is -2.23. The molecule has 0 amide bonds. The molecule has 0 radical (unpaired) electrons. The number of hydrogen-bond donors (Lipinski definition) is 0. The third-order valence-electron chi connectivity index (χ3n) is 3.21. The lowest BCUT2D eigenvalue weighted by Crippen LogP contribution is -2.15. The molecule has 0 saturated heterocycles. The summed E-state index contributed by atoms with van der Waals surface area (Å²) in [5, 5.41) is 0. The van der Waals surface area contributed by atoms with E-state index in [-0.39, 0.29) is 5.41 Å². The predicted molar refractivity (Wildman–Crippen MR) is 64.8 cm³/mol. The van der Waals surface area contributed by atoms with Crippen LogP contribution in [0.15, 0.2) is 28.7 Å². The van der Waals surface area contributed by atoms with Crippen LogP contribution >= 0.6 is 15.9 Å². The number of carbonyl (C=O) groups excluding carboxylic acids is 1. The molecule has 0 heterocycles. The van der Waals surface area contributed by atoms with E-state index in [1.165, 1.54) is 5.56 Å². The van der Waals surface area contributed by atoms with E-state index in [4.69, 9.17) is 0 Å². The second kappa shape index (κ2) is 4.09. The molecule has 1 saturated carbocycles. The Hall–Kier alpha value is -0.630. The normalized spacial score (nSPS) is 25.9. The lowest BCUT2D eigenvalue weighted by atomic mass is 9.82. The van der Waals surface area contributed by atoms with Crippen LogP contribution in [0.3, 0.4) is 0 Å². The van der Waals surface area contributed by atoms with Gasteiger partial charge >= 0.3 is 0 Å². The molecular formula is C13H15BrO. The van der Waals surface area contributed by atoms with E-state index >= 15 is 0 Å². The van der Waals surface area contributed by atoms with Crippen LogP contribution < -0.4 is 0 Å². The van der Waals surface area contributed by atoms with Gasteiger partial charge in [0.25, 0.3) is 0 Å². The van der Waals surface area contributed by atoms with E-state index < -0.39 is 0 Å². The Morgan fingerprint density at radius 2 is 2.13 bits per heavy atom. The average Bonchev–Trinajstić information content (AvgIpc) is 2.51. The van der Waals surface area contributed by atoms with Crippen LogP contribution in [0, 0.1) is 5.41 Å². The van der Waals surface area contributed by atoms with E-state index in [2.05, 4.69) is 41.1 Å². The van der Waals surface area contributed by atoms with Gasteiger partial charge in [-0.3, -0.25) is 4.79 Å². The van der Waals surface area contributed by atoms with Crippen LogP contribution in [0.5, 0.6) is 0 Å². The van der Waals surface area contributed by atoms with Crippen molar-refractivity contribution in [2.45, 2.75) is 32.6 Å². The molecule has 0 N–H and O–H groups in total. The van der Waals surface area contributed by atoms with Crippen LogP contribution in [-0.4, -0.2) is 5.78 Å². The van der Waals surface area contributed by atoms with E-state index in [0.717, 1.165) is 30.2 Å². The molecule has 0 aliphatic heterocycles. The SMILES string of the molecule is CC1(Cc2ccccc2Br)CCC(=O)C1. The van der Waals surface area contributed by atoms with Crippen molar-refractivity contribution in [1.29, 1.82) is 0 Å². The molecule has 0 bridgehead atoms. The molecule has 1 aromatic rings. The Morgan fingerprint density at radius 3 is 2.73 bits per heavy atom. The Kier molecular flexibility index (Phi) is 2.96. The van der Waals surface area contributed by atoms with Gasteiger partial charge in [-0.2, -0.15) is 0 Å². The molecule has 2 heteroatoms. The van der Waals surface area contributed by atoms with Gasteiger partial charge in [0.2, 0.25) is 0 Å². The molecule has 1 atom stereocenters. The quantitative estimate of drug-likeness (QED) is 0.797. The Bertz CT molecular complexity index is 386. The Morgan fingerprint density at radius 1 is 1.40 bits per heavy atom. The number of carbonyl (C=O) groups is 1. The third-order valence-corrected chi connectivity index (χ3v) is 3.98. The first kappa shape index (κ1) is 10.9. The third kappa shape index (κ3) is 2.49. The van der Waals surface area contributed by atoms with Crippen molar-refractivity contribution in [3.63, 3.8) is 0 Å². The molecule has 1 unspecified atom stereocenters. The van der Waals surface area contributed by atoms with Crippen molar-refractivity contribution in [3.8, 4) is 0 Å². The first-order chi connectivity index (χ1) is 7.09.